The summed E-state index contributed by atoms with van der Waals surface area (Å²) >= 11 is 0. The van der Waals surface area contributed by atoms with Crippen LogP contribution in [0.1, 0.15) is 34.1 Å². The van der Waals surface area contributed by atoms with E-state index in [9.17, 15) is 0 Å². The van der Waals surface area contributed by atoms with Crippen molar-refractivity contribution in [2.75, 3.05) is 7.11 Å². The molecule has 2 heteroatoms. The molecule has 0 radical (unpaired) electrons. The lowest BCUT2D eigenvalue weighted by molar-refractivity contribution is 0.0209. The summed E-state index contributed by atoms with van der Waals surface area (Å²) in [5.41, 5.74) is 2.51. The number of methoxy groups -OCH3 is 1. The van der Waals surface area contributed by atoms with Gasteiger partial charge >= 0.3 is 0 Å². The van der Waals surface area contributed by atoms with Gasteiger partial charge in [-0.1, -0.05) is 51.2 Å². The highest BCUT2D eigenvalue weighted by molar-refractivity contribution is 5.39. The number of hydrogen-bond donors (Lipinski definition) is 0. The second-order valence-corrected chi connectivity index (χ2v) is 6.31. The fourth-order valence-corrected chi connectivity index (χ4v) is 2.90. The van der Waals surface area contributed by atoms with E-state index in [1.165, 1.54) is 5.57 Å². The molecule has 0 aliphatic heterocycles. The van der Waals surface area contributed by atoms with Gasteiger partial charge < -0.3 is 9.47 Å². The molecule has 0 spiro atoms. The number of ether oxygens (including phenoxy) is 2. The lowest BCUT2D eigenvalue weighted by Gasteiger charge is -2.29. The molecular weight excluding hydrogens is 272 g/mol. The molecule has 2 nitrogen and oxygen atoms in total. The van der Waals surface area contributed by atoms with Crippen molar-refractivity contribution >= 4 is 0 Å². The zero-order valence-electron chi connectivity index (χ0n) is 14.4. The molecule has 0 amide bonds. The normalized spacial score (nSPS) is 28.6. The lowest BCUT2D eigenvalue weighted by atomic mass is 9.89. The highest BCUT2D eigenvalue weighted by Crippen LogP contribution is 2.28. The Hall–Kier alpha value is -1.54. The maximum absolute atomic E-state index is 6.30. The zero-order chi connectivity index (χ0) is 16.1. The van der Waals surface area contributed by atoms with E-state index in [1.54, 1.807) is 7.11 Å². The molecule has 2 rings (SSSR count). The Labute approximate surface area is 134 Å². The molecule has 0 saturated heterocycles. The van der Waals surface area contributed by atoms with Gasteiger partial charge in [-0.25, -0.2) is 0 Å². The Balaban J connectivity index is 2.04. The highest BCUT2D eigenvalue weighted by Gasteiger charge is 2.23. The molecule has 0 fully saturated rings. The van der Waals surface area contributed by atoms with Crippen LogP contribution < -0.4 is 0 Å². The van der Waals surface area contributed by atoms with E-state index in [0.717, 1.165) is 17.8 Å². The van der Waals surface area contributed by atoms with Crippen LogP contribution in [0.2, 0.25) is 0 Å². The van der Waals surface area contributed by atoms with Gasteiger partial charge in [0.2, 0.25) is 0 Å². The first-order valence-corrected chi connectivity index (χ1v) is 8.19. The van der Waals surface area contributed by atoms with Crippen molar-refractivity contribution in [1.29, 1.82) is 0 Å². The molecule has 2 aliphatic carbocycles. The third-order valence-corrected chi connectivity index (χ3v) is 4.20. The minimum atomic E-state index is 0.108. The van der Waals surface area contributed by atoms with Gasteiger partial charge in [-0.3, -0.25) is 0 Å². The SMILES string of the molecule is CC=CC1=CC(OC2C=CC(C(C)C)=CC2C)CC=C1OC. The average Bonchev–Trinajstić information content (AvgIpc) is 2.50. The molecule has 0 aromatic heterocycles. The predicted octanol–water partition coefficient (Wildman–Crippen LogP) is 4.97. The summed E-state index contributed by atoms with van der Waals surface area (Å²) in [7, 11) is 1.72. The molecule has 3 atom stereocenters. The van der Waals surface area contributed by atoms with Gasteiger partial charge in [-0.05, 0) is 37.0 Å². The summed E-state index contributed by atoms with van der Waals surface area (Å²) in [4.78, 5) is 0. The summed E-state index contributed by atoms with van der Waals surface area (Å²) in [6.07, 6.45) is 16.3. The maximum atomic E-state index is 6.30. The maximum Gasteiger partial charge on any atom is 0.121 e. The van der Waals surface area contributed by atoms with E-state index in [-0.39, 0.29) is 12.2 Å². The van der Waals surface area contributed by atoms with Crippen LogP contribution >= 0.6 is 0 Å². The summed E-state index contributed by atoms with van der Waals surface area (Å²) in [5, 5.41) is 0. The van der Waals surface area contributed by atoms with E-state index >= 15 is 0 Å². The molecule has 0 N–H and O–H groups in total. The zero-order valence-corrected chi connectivity index (χ0v) is 14.4. The molecule has 2 aliphatic rings. The Kier molecular flexibility index (Phi) is 5.84. The van der Waals surface area contributed by atoms with Gasteiger partial charge in [0.25, 0.3) is 0 Å². The fraction of sp³-hybridized carbons (Fsp3) is 0.500. The van der Waals surface area contributed by atoms with Gasteiger partial charge in [-0.15, -0.1) is 0 Å². The summed E-state index contributed by atoms with van der Waals surface area (Å²) in [6, 6.07) is 0. The van der Waals surface area contributed by atoms with Gasteiger partial charge in [0, 0.05) is 11.5 Å². The Morgan fingerprint density at radius 1 is 1.27 bits per heavy atom. The van der Waals surface area contributed by atoms with Crippen molar-refractivity contribution in [2.45, 2.75) is 46.3 Å². The van der Waals surface area contributed by atoms with Gasteiger partial charge in [0.05, 0.1) is 19.3 Å². The molecular formula is C20H28O2. The second kappa shape index (κ2) is 7.64. The molecule has 22 heavy (non-hydrogen) atoms. The standard InChI is InChI=1S/C20H28O2/c1-6-7-17-13-18(9-11-20(17)21-5)22-19-10-8-16(14(2)3)12-15(19)4/h6-8,10-15,18-19H,9H2,1-5H3. The van der Waals surface area contributed by atoms with Crippen molar-refractivity contribution in [1.82, 2.24) is 0 Å². The third-order valence-electron chi connectivity index (χ3n) is 4.20. The summed E-state index contributed by atoms with van der Waals surface area (Å²) in [6.45, 7) is 8.71. The van der Waals surface area contributed by atoms with Crippen LogP contribution in [-0.2, 0) is 9.47 Å². The summed E-state index contributed by atoms with van der Waals surface area (Å²) in [5.74, 6) is 1.92. The summed E-state index contributed by atoms with van der Waals surface area (Å²) < 4.78 is 11.7. The van der Waals surface area contributed by atoms with Gasteiger partial charge in [0.15, 0.2) is 0 Å². The van der Waals surface area contributed by atoms with Crippen LogP contribution in [0, 0.1) is 11.8 Å². The first-order chi connectivity index (χ1) is 10.5. The lowest BCUT2D eigenvalue weighted by Crippen LogP contribution is -2.27. The van der Waals surface area contributed by atoms with Crippen molar-refractivity contribution in [3.05, 3.63) is 59.4 Å². The molecule has 0 aromatic rings. The van der Waals surface area contributed by atoms with Crippen molar-refractivity contribution in [3.8, 4) is 0 Å². The minimum Gasteiger partial charge on any atom is -0.496 e. The second-order valence-electron chi connectivity index (χ2n) is 6.31. The van der Waals surface area contributed by atoms with Gasteiger partial charge in [0.1, 0.15) is 5.76 Å². The van der Waals surface area contributed by atoms with Crippen LogP contribution in [0.5, 0.6) is 0 Å². The molecule has 0 aromatic carbocycles. The quantitative estimate of drug-likeness (QED) is 0.714. The first kappa shape index (κ1) is 16.8. The Morgan fingerprint density at radius 2 is 2.05 bits per heavy atom. The van der Waals surface area contributed by atoms with E-state index in [0.29, 0.717) is 11.8 Å². The molecule has 0 saturated carbocycles. The largest absolute Gasteiger partial charge is 0.496 e. The average molecular weight is 300 g/mol. The molecule has 120 valence electrons. The van der Waals surface area contributed by atoms with Crippen LogP contribution in [0.3, 0.4) is 0 Å². The third kappa shape index (κ3) is 4.01. The Bertz CT molecular complexity index is 532. The highest BCUT2D eigenvalue weighted by atomic mass is 16.5. The van der Waals surface area contributed by atoms with E-state index in [1.807, 2.05) is 13.0 Å². The van der Waals surface area contributed by atoms with E-state index in [2.05, 4.69) is 57.2 Å². The smallest absolute Gasteiger partial charge is 0.121 e. The molecule has 3 unspecified atom stereocenters. The fourth-order valence-electron chi connectivity index (χ4n) is 2.90. The number of hydrogen-bond acceptors (Lipinski definition) is 2. The van der Waals surface area contributed by atoms with Crippen molar-refractivity contribution in [2.24, 2.45) is 11.8 Å². The van der Waals surface area contributed by atoms with Crippen LogP contribution in [-0.4, -0.2) is 19.3 Å². The molecule has 0 heterocycles. The van der Waals surface area contributed by atoms with Crippen LogP contribution in [0.25, 0.3) is 0 Å². The van der Waals surface area contributed by atoms with E-state index < -0.39 is 0 Å². The Morgan fingerprint density at radius 3 is 2.64 bits per heavy atom. The van der Waals surface area contributed by atoms with Crippen LogP contribution in [0.4, 0.5) is 0 Å². The van der Waals surface area contributed by atoms with E-state index in [4.69, 9.17) is 9.47 Å². The number of allylic oxidation sites excluding steroid dienone is 4. The monoisotopic (exact) mass is 300 g/mol. The predicted molar refractivity (Wildman–Crippen MR) is 92.5 cm³/mol. The first-order valence-electron chi connectivity index (χ1n) is 8.19. The topological polar surface area (TPSA) is 18.5 Å². The van der Waals surface area contributed by atoms with Crippen LogP contribution in [0.15, 0.2) is 59.4 Å². The van der Waals surface area contributed by atoms with Gasteiger partial charge in [-0.2, -0.15) is 0 Å². The molecule has 0 bridgehead atoms. The minimum absolute atomic E-state index is 0.108. The van der Waals surface area contributed by atoms with Crippen molar-refractivity contribution in [3.63, 3.8) is 0 Å². The number of rotatable bonds is 5. The van der Waals surface area contributed by atoms with Crippen molar-refractivity contribution < 1.29 is 9.47 Å².